The first kappa shape index (κ1) is 12.5. The highest BCUT2D eigenvalue weighted by atomic mass is 16.2. The van der Waals surface area contributed by atoms with Crippen LogP contribution in [-0.2, 0) is 4.79 Å². The predicted octanol–water partition coefficient (Wildman–Crippen LogP) is 0.877. The molecule has 15 heavy (non-hydrogen) atoms. The van der Waals surface area contributed by atoms with Crippen LogP contribution >= 0.6 is 0 Å². The van der Waals surface area contributed by atoms with E-state index in [2.05, 4.69) is 24.2 Å². The highest BCUT2D eigenvalue weighted by molar-refractivity contribution is 5.75. The second-order valence-corrected chi connectivity index (χ2v) is 4.71. The van der Waals surface area contributed by atoms with E-state index in [0.29, 0.717) is 12.5 Å². The SMILES string of the molecule is CC1CC(C)N(CCCCC(=O)NN)C1. The Bertz CT molecular complexity index is 208. The van der Waals surface area contributed by atoms with Gasteiger partial charge in [-0.3, -0.25) is 10.2 Å². The first-order chi connectivity index (χ1) is 7.13. The zero-order valence-electron chi connectivity index (χ0n) is 9.83. The maximum atomic E-state index is 10.9. The molecule has 2 atom stereocenters. The molecule has 0 aromatic carbocycles. The van der Waals surface area contributed by atoms with E-state index in [1.165, 1.54) is 13.0 Å². The molecule has 0 saturated carbocycles. The summed E-state index contributed by atoms with van der Waals surface area (Å²) in [5.74, 6) is 5.78. The van der Waals surface area contributed by atoms with Crippen LogP contribution in [0.15, 0.2) is 0 Å². The normalized spacial score (nSPS) is 26.9. The van der Waals surface area contributed by atoms with Crippen LogP contribution in [0.5, 0.6) is 0 Å². The standard InChI is InChI=1S/C11H23N3O/c1-9-7-10(2)14(8-9)6-4-3-5-11(15)13-12/h9-10H,3-8,12H2,1-2H3,(H,13,15). The van der Waals surface area contributed by atoms with Crippen LogP contribution in [-0.4, -0.2) is 29.9 Å². The third-order valence-corrected chi connectivity index (χ3v) is 3.17. The van der Waals surface area contributed by atoms with Gasteiger partial charge in [0.1, 0.15) is 0 Å². The fourth-order valence-electron chi connectivity index (χ4n) is 2.37. The zero-order chi connectivity index (χ0) is 11.3. The molecule has 1 amide bonds. The molecule has 1 saturated heterocycles. The van der Waals surface area contributed by atoms with Gasteiger partial charge in [-0.05, 0) is 38.6 Å². The number of nitrogens with one attached hydrogen (secondary N) is 1. The minimum atomic E-state index is -0.0576. The first-order valence-electron chi connectivity index (χ1n) is 5.87. The summed E-state index contributed by atoms with van der Waals surface area (Å²) in [5, 5.41) is 0. The van der Waals surface area contributed by atoms with Crippen molar-refractivity contribution in [1.82, 2.24) is 10.3 Å². The highest BCUT2D eigenvalue weighted by Crippen LogP contribution is 2.22. The van der Waals surface area contributed by atoms with Gasteiger partial charge in [-0.1, -0.05) is 6.92 Å². The van der Waals surface area contributed by atoms with E-state index in [9.17, 15) is 4.79 Å². The van der Waals surface area contributed by atoms with Gasteiger partial charge in [-0.25, -0.2) is 5.84 Å². The van der Waals surface area contributed by atoms with Crippen molar-refractivity contribution in [3.8, 4) is 0 Å². The summed E-state index contributed by atoms with van der Waals surface area (Å²) in [5.41, 5.74) is 2.16. The molecule has 88 valence electrons. The fraction of sp³-hybridized carbons (Fsp3) is 0.909. The summed E-state index contributed by atoms with van der Waals surface area (Å²) < 4.78 is 0. The summed E-state index contributed by atoms with van der Waals surface area (Å²) >= 11 is 0. The first-order valence-corrected chi connectivity index (χ1v) is 5.87. The van der Waals surface area contributed by atoms with Gasteiger partial charge in [0.2, 0.25) is 5.91 Å². The van der Waals surface area contributed by atoms with Crippen LogP contribution in [0, 0.1) is 5.92 Å². The number of carbonyl (C=O) groups excluding carboxylic acids is 1. The van der Waals surface area contributed by atoms with Gasteiger partial charge in [-0.2, -0.15) is 0 Å². The third kappa shape index (κ3) is 4.18. The molecule has 4 nitrogen and oxygen atoms in total. The molecule has 1 aliphatic rings. The van der Waals surface area contributed by atoms with Crippen molar-refractivity contribution in [2.75, 3.05) is 13.1 Å². The largest absolute Gasteiger partial charge is 0.300 e. The molecule has 1 aliphatic heterocycles. The van der Waals surface area contributed by atoms with E-state index < -0.39 is 0 Å². The van der Waals surface area contributed by atoms with E-state index in [1.807, 2.05) is 0 Å². The lowest BCUT2D eigenvalue weighted by Crippen LogP contribution is -2.30. The van der Waals surface area contributed by atoms with Gasteiger partial charge in [0.05, 0.1) is 0 Å². The number of hydrogen-bond donors (Lipinski definition) is 2. The molecule has 1 rings (SSSR count). The number of amides is 1. The number of unbranched alkanes of at least 4 members (excludes halogenated alkanes) is 1. The maximum absolute atomic E-state index is 10.9. The Kier molecular flexibility index (Phi) is 5.05. The van der Waals surface area contributed by atoms with Crippen LogP contribution in [0.25, 0.3) is 0 Å². The van der Waals surface area contributed by atoms with Crippen molar-refractivity contribution < 1.29 is 4.79 Å². The van der Waals surface area contributed by atoms with E-state index in [0.717, 1.165) is 25.3 Å². The van der Waals surface area contributed by atoms with E-state index in [4.69, 9.17) is 5.84 Å². The summed E-state index contributed by atoms with van der Waals surface area (Å²) in [6.07, 6.45) is 3.88. The molecule has 0 aromatic heterocycles. The molecule has 0 aromatic rings. The Morgan fingerprint density at radius 2 is 2.20 bits per heavy atom. The molecule has 0 aliphatic carbocycles. The number of rotatable bonds is 5. The second-order valence-electron chi connectivity index (χ2n) is 4.71. The maximum Gasteiger partial charge on any atom is 0.233 e. The monoisotopic (exact) mass is 213 g/mol. The van der Waals surface area contributed by atoms with Gasteiger partial charge < -0.3 is 4.90 Å². The predicted molar refractivity (Wildman–Crippen MR) is 61.0 cm³/mol. The lowest BCUT2D eigenvalue weighted by molar-refractivity contribution is -0.121. The molecule has 0 bridgehead atoms. The summed E-state index contributed by atoms with van der Waals surface area (Å²) in [6, 6.07) is 0.711. The van der Waals surface area contributed by atoms with Gasteiger partial charge in [-0.15, -0.1) is 0 Å². The van der Waals surface area contributed by atoms with Crippen LogP contribution in [0.3, 0.4) is 0 Å². The lowest BCUT2D eigenvalue weighted by Gasteiger charge is -2.20. The van der Waals surface area contributed by atoms with Crippen molar-refractivity contribution in [2.24, 2.45) is 11.8 Å². The summed E-state index contributed by atoms with van der Waals surface area (Å²) in [7, 11) is 0. The quantitative estimate of drug-likeness (QED) is 0.308. The van der Waals surface area contributed by atoms with Crippen LogP contribution in [0.4, 0.5) is 0 Å². The Morgan fingerprint density at radius 3 is 2.73 bits per heavy atom. The molecule has 0 spiro atoms. The Morgan fingerprint density at radius 1 is 1.47 bits per heavy atom. The van der Waals surface area contributed by atoms with Gasteiger partial charge in [0.15, 0.2) is 0 Å². The lowest BCUT2D eigenvalue weighted by atomic mass is 10.1. The van der Waals surface area contributed by atoms with E-state index >= 15 is 0 Å². The molecule has 1 fully saturated rings. The van der Waals surface area contributed by atoms with Crippen molar-refractivity contribution in [1.29, 1.82) is 0 Å². The minimum Gasteiger partial charge on any atom is -0.300 e. The zero-order valence-corrected chi connectivity index (χ0v) is 9.83. The molecule has 0 radical (unpaired) electrons. The van der Waals surface area contributed by atoms with Gasteiger partial charge in [0, 0.05) is 19.0 Å². The van der Waals surface area contributed by atoms with Crippen molar-refractivity contribution in [2.45, 2.75) is 45.6 Å². The number of hydrogen-bond acceptors (Lipinski definition) is 3. The van der Waals surface area contributed by atoms with Crippen molar-refractivity contribution >= 4 is 5.91 Å². The van der Waals surface area contributed by atoms with Crippen LogP contribution < -0.4 is 11.3 Å². The fourth-order valence-corrected chi connectivity index (χ4v) is 2.37. The molecular weight excluding hydrogens is 190 g/mol. The average molecular weight is 213 g/mol. The number of nitrogens with zero attached hydrogens (tertiary/aromatic N) is 1. The molecular formula is C11H23N3O. The number of carbonyl (C=O) groups is 1. The van der Waals surface area contributed by atoms with Crippen molar-refractivity contribution in [3.63, 3.8) is 0 Å². The molecule has 4 heteroatoms. The molecule has 2 unspecified atom stereocenters. The molecule has 1 heterocycles. The number of hydrazine groups is 1. The number of nitrogens with two attached hydrogens (primary N) is 1. The van der Waals surface area contributed by atoms with Crippen molar-refractivity contribution in [3.05, 3.63) is 0 Å². The number of likely N-dealkylation sites (tertiary alicyclic amines) is 1. The smallest absolute Gasteiger partial charge is 0.233 e. The van der Waals surface area contributed by atoms with Gasteiger partial charge >= 0.3 is 0 Å². The van der Waals surface area contributed by atoms with Crippen LogP contribution in [0.2, 0.25) is 0 Å². The summed E-state index contributed by atoms with van der Waals surface area (Å²) in [6.45, 7) is 6.92. The Balaban J connectivity index is 2.07. The average Bonchev–Trinajstić information content (AvgIpc) is 2.52. The Hall–Kier alpha value is -0.610. The summed E-state index contributed by atoms with van der Waals surface area (Å²) in [4.78, 5) is 13.4. The van der Waals surface area contributed by atoms with Gasteiger partial charge in [0.25, 0.3) is 0 Å². The Labute approximate surface area is 92.2 Å². The topological polar surface area (TPSA) is 58.4 Å². The highest BCUT2D eigenvalue weighted by Gasteiger charge is 2.24. The molecule has 3 N–H and O–H groups in total. The second kappa shape index (κ2) is 6.08. The third-order valence-electron chi connectivity index (χ3n) is 3.17. The van der Waals surface area contributed by atoms with Crippen LogP contribution in [0.1, 0.15) is 39.5 Å². The minimum absolute atomic E-state index is 0.0576. The van der Waals surface area contributed by atoms with E-state index in [-0.39, 0.29) is 5.91 Å². The van der Waals surface area contributed by atoms with E-state index in [1.54, 1.807) is 0 Å².